The van der Waals surface area contributed by atoms with Crippen molar-refractivity contribution in [3.05, 3.63) is 69.8 Å². The summed E-state index contributed by atoms with van der Waals surface area (Å²) < 4.78 is 2.02. The van der Waals surface area contributed by atoms with Crippen molar-refractivity contribution < 1.29 is 0 Å². The predicted octanol–water partition coefficient (Wildman–Crippen LogP) is 5.31. The van der Waals surface area contributed by atoms with E-state index < -0.39 is 0 Å². The average Bonchev–Trinajstić information content (AvgIpc) is 2.89. The number of nitrogens with one attached hydrogen (secondary N) is 1. The molecule has 0 aliphatic rings. The summed E-state index contributed by atoms with van der Waals surface area (Å²) in [6.07, 6.45) is 1.86. The van der Waals surface area contributed by atoms with Crippen molar-refractivity contribution in [1.82, 2.24) is 9.55 Å². The average molecular weight is 346 g/mol. The summed E-state index contributed by atoms with van der Waals surface area (Å²) >= 11 is 12.4. The van der Waals surface area contributed by atoms with E-state index in [1.807, 2.05) is 36.0 Å². The number of halogens is 2. The van der Waals surface area contributed by atoms with Gasteiger partial charge in [-0.25, -0.2) is 4.98 Å². The summed E-state index contributed by atoms with van der Waals surface area (Å²) in [7, 11) is 1.98. The summed E-state index contributed by atoms with van der Waals surface area (Å²) in [4.78, 5) is 4.45. The Balaban J connectivity index is 1.81. The molecule has 23 heavy (non-hydrogen) atoms. The fraction of sp³-hybridized carbons (Fsp3) is 0.167. The van der Waals surface area contributed by atoms with Gasteiger partial charge in [-0.15, -0.1) is 0 Å². The molecule has 3 nitrogen and oxygen atoms in total. The number of benzene rings is 2. The zero-order chi connectivity index (χ0) is 16.4. The van der Waals surface area contributed by atoms with Crippen LogP contribution in [0.15, 0.2) is 48.7 Å². The Morgan fingerprint density at radius 2 is 1.70 bits per heavy atom. The van der Waals surface area contributed by atoms with Gasteiger partial charge in [0.1, 0.15) is 0 Å². The van der Waals surface area contributed by atoms with Crippen molar-refractivity contribution in [2.75, 3.05) is 5.32 Å². The van der Waals surface area contributed by atoms with E-state index in [0.717, 1.165) is 22.8 Å². The molecule has 1 N–H and O–H groups in total. The number of anilines is 1. The quantitative estimate of drug-likeness (QED) is 0.693. The molecule has 0 aliphatic heterocycles. The minimum atomic E-state index is 0.525. The number of aromatic nitrogens is 2. The van der Waals surface area contributed by atoms with E-state index in [9.17, 15) is 0 Å². The van der Waals surface area contributed by atoms with Crippen LogP contribution in [-0.4, -0.2) is 9.55 Å². The first-order chi connectivity index (χ1) is 11.1. The van der Waals surface area contributed by atoms with Crippen LogP contribution in [0.5, 0.6) is 0 Å². The van der Waals surface area contributed by atoms with Crippen LogP contribution in [0.1, 0.15) is 11.1 Å². The van der Waals surface area contributed by atoms with Crippen molar-refractivity contribution in [1.29, 1.82) is 0 Å². The topological polar surface area (TPSA) is 29.9 Å². The highest BCUT2D eigenvalue weighted by atomic mass is 35.5. The summed E-state index contributed by atoms with van der Waals surface area (Å²) in [5, 5.41) is 4.60. The predicted molar refractivity (Wildman–Crippen MR) is 97.2 cm³/mol. The first-order valence-corrected chi connectivity index (χ1v) is 8.07. The van der Waals surface area contributed by atoms with Crippen molar-refractivity contribution in [2.24, 2.45) is 7.05 Å². The van der Waals surface area contributed by atoms with E-state index in [4.69, 9.17) is 23.2 Å². The van der Waals surface area contributed by atoms with Crippen LogP contribution < -0.4 is 5.32 Å². The van der Waals surface area contributed by atoms with Crippen LogP contribution in [0.4, 0.5) is 5.95 Å². The van der Waals surface area contributed by atoms with Gasteiger partial charge in [-0.2, -0.15) is 0 Å². The molecule has 2 aromatic carbocycles. The van der Waals surface area contributed by atoms with Gasteiger partial charge in [0.25, 0.3) is 0 Å². The van der Waals surface area contributed by atoms with Crippen molar-refractivity contribution in [2.45, 2.75) is 13.5 Å². The number of rotatable bonds is 4. The lowest BCUT2D eigenvalue weighted by Crippen LogP contribution is -2.06. The molecule has 0 bridgehead atoms. The van der Waals surface area contributed by atoms with Gasteiger partial charge in [-0.05, 0) is 24.6 Å². The van der Waals surface area contributed by atoms with Crippen LogP contribution in [0.3, 0.4) is 0 Å². The third-order valence-corrected chi connectivity index (χ3v) is 4.53. The summed E-state index contributed by atoms with van der Waals surface area (Å²) in [5.74, 6) is 0.775. The molecule has 3 rings (SSSR count). The fourth-order valence-corrected chi connectivity index (χ4v) is 2.97. The van der Waals surface area contributed by atoms with E-state index in [1.54, 1.807) is 0 Å². The molecule has 0 unspecified atom stereocenters. The Labute approximate surface area is 145 Å². The molecule has 0 saturated heterocycles. The number of aryl methyl sites for hydroxylation is 1. The highest BCUT2D eigenvalue weighted by Gasteiger charge is 2.10. The minimum absolute atomic E-state index is 0.525. The second kappa shape index (κ2) is 6.65. The first-order valence-electron chi connectivity index (χ1n) is 7.32. The second-order valence-corrected chi connectivity index (χ2v) is 6.26. The van der Waals surface area contributed by atoms with E-state index in [0.29, 0.717) is 16.6 Å². The Kier molecular flexibility index (Phi) is 4.60. The molecule has 0 spiro atoms. The minimum Gasteiger partial charge on any atom is -0.351 e. The highest BCUT2D eigenvalue weighted by Crippen LogP contribution is 2.26. The third kappa shape index (κ3) is 3.36. The standard InChI is InChI=1S/C18H17Cl2N3/c1-12-6-8-13(9-7-12)17-11-22-18(23(17)2)21-10-14-15(19)4-3-5-16(14)20/h3-9,11H,10H2,1-2H3,(H,21,22). The number of hydrogen-bond donors (Lipinski definition) is 1. The van der Waals surface area contributed by atoms with Gasteiger partial charge in [0.05, 0.1) is 11.9 Å². The number of nitrogens with zero attached hydrogens (tertiary/aromatic N) is 2. The molecule has 118 valence electrons. The monoisotopic (exact) mass is 345 g/mol. The second-order valence-electron chi connectivity index (χ2n) is 5.45. The van der Waals surface area contributed by atoms with Crippen LogP contribution >= 0.6 is 23.2 Å². The van der Waals surface area contributed by atoms with Gasteiger partial charge >= 0.3 is 0 Å². The molecule has 5 heteroatoms. The smallest absolute Gasteiger partial charge is 0.203 e. The molecule has 0 amide bonds. The highest BCUT2D eigenvalue weighted by molar-refractivity contribution is 6.36. The lowest BCUT2D eigenvalue weighted by molar-refractivity contribution is 0.907. The Bertz CT molecular complexity index is 803. The lowest BCUT2D eigenvalue weighted by Gasteiger charge is -2.11. The molecular formula is C18H17Cl2N3. The Morgan fingerprint density at radius 3 is 2.35 bits per heavy atom. The van der Waals surface area contributed by atoms with Crippen molar-refractivity contribution in [3.63, 3.8) is 0 Å². The maximum absolute atomic E-state index is 6.20. The van der Waals surface area contributed by atoms with Gasteiger partial charge in [-0.1, -0.05) is 59.1 Å². The Hall–Kier alpha value is -1.97. The Morgan fingerprint density at radius 1 is 1.04 bits per heavy atom. The molecule has 0 saturated carbocycles. The fourth-order valence-electron chi connectivity index (χ4n) is 2.43. The maximum atomic E-state index is 6.20. The molecule has 0 aliphatic carbocycles. The first kappa shape index (κ1) is 15.9. The van der Waals surface area contributed by atoms with Gasteiger partial charge < -0.3 is 9.88 Å². The van der Waals surface area contributed by atoms with Crippen molar-refractivity contribution >= 4 is 29.2 Å². The van der Waals surface area contributed by atoms with Crippen LogP contribution in [0.25, 0.3) is 11.3 Å². The summed E-state index contributed by atoms with van der Waals surface area (Å²) in [6.45, 7) is 2.60. The largest absolute Gasteiger partial charge is 0.351 e. The molecular weight excluding hydrogens is 329 g/mol. The van der Waals surface area contributed by atoms with Gasteiger partial charge in [0.2, 0.25) is 5.95 Å². The molecule has 0 atom stereocenters. The van der Waals surface area contributed by atoms with Gasteiger partial charge in [-0.3, -0.25) is 0 Å². The number of hydrogen-bond acceptors (Lipinski definition) is 2. The van der Waals surface area contributed by atoms with Crippen LogP contribution in [-0.2, 0) is 13.6 Å². The van der Waals surface area contributed by atoms with E-state index in [2.05, 4.69) is 41.5 Å². The lowest BCUT2D eigenvalue weighted by atomic mass is 10.1. The maximum Gasteiger partial charge on any atom is 0.203 e. The molecule has 0 radical (unpaired) electrons. The molecule has 3 aromatic rings. The summed E-state index contributed by atoms with van der Waals surface area (Å²) in [5.41, 5.74) is 4.30. The SMILES string of the molecule is Cc1ccc(-c2cnc(NCc3c(Cl)cccc3Cl)n2C)cc1. The molecule has 1 heterocycles. The van der Waals surface area contributed by atoms with E-state index in [-0.39, 0.29) is 0 Å². The summed E-state index contributed by atoms with van der Waals surface area (Å²) in [6, 6.07) is 13.9. The van der Waals surface area contributed by atoms with E-state index in [1.165, 1.54) is 5.56 Å². The van der Waals surface area contributed by atoms with Crippen molar-refractivity contribution in [3.8, 4) is 11.3 Å². The van der Waals surface area contributed by atoms with Gasteiger partial charge in [0.15, 0.2) is 0 Å². The zero-order valence-corrected chi connectivity index (χ0v) is 14.5. The molecule has 0 fully saturated rings. The zero-order valence-electron chi connectivity index (χ0n) is 13.0. The van der Waals surface area contributed by atoms with Gasteiger partial charge in [0, 0.05) is 29.2 Å². The van der Waals surface area contributed by atoms with Crippen LogP contribution in [0.2, 0.25) is 10.0 Å². The van der Waals surface area contributed by atoms with Crippen LogP contribution in [0, 0.1) is 6.92 Å². The third-order valence-electron chi connectivity index (χ3n) is 3.82. The molecule has 1 aromatic heterocycles. The number of imidazole rings is 1. The normalized spacial score (nSPS) is 10.8. The van der Waals surface area contributed by atoms with E-state index >= 15 is 0 Å².